The summed E-state index contributed by atoms with van der Waals surface area (Å²) in [4.78, 5) is 16.4. The second-order valence-corrected chi connectivity index (χ2v) is 8.32. The fourth-order valence-electron chi connectivity index (χ4n) is 4.46. The van der Waals surface area contributed by atoms with E-state index in [4.69, 9.17) is 15.9 Å². The number of aromatic amines is 1. The number of hydrogen-bond acceptors (Lipinski definition) is 5. The number of nitrogens with two attached hydrogens (primary N) is 1. The van der Waals surface area contributed by atoms with E-state index >= 15 is 0 Å². The van der Waals surface area contributed by atoms with Gasteiger partial charge >= 0.3 is 0 Å². The Labute approximate surface area is 191 Å². The van der Waals surface area contributed by atoms with Gasteiger partial charge in [0.2, 0.25) is 0 Å². The first-order chi connectivity index (χ1) is 16.1. The standard InChI is InChI=1S/C25H26N6O2/c26-14-20-21(27)12-17(18-2-1-3-22-19(18)4-8-28-22)13-23(20)30-25(32)24-5-9-29-31(24)15-16-6-10-33-11-7-16/h1-5,8-9,12-14,16,26,28H,6-7,10-11,15,27H2,(H,30,32). The number of amides is 1. The molecule has 1 aliphatic rings. The first-order valence-corrected chi connectivity index (χ1v) is 11.1. The lowest BCUT2D eigenvalue weighted by Gasteiger charge is -2.22. The molecule has 1 saturated heterocycles. The Balaban J connectivity index is 1.46. The lowest BCUT2D eigenvalue weighted by atomic mass is 9.98. The van der Waals surface area contributed by atoms with Crippen LogP contribution in [0.5, 0.6) is 0 Å². The number of aromatic nitrogens is 3. The van der Waals surface area contributed by atoms with Crippen molar-refractivity contribution in [2.45, 2.75) is 19.4 Å². The van der Waals surface area contributed by atoms with Crippen molar-refractivity contribution in [3.05, 3.63) is 66.1 Å². The molecular weight excluding hydrogens is 416 g/mol. The molecule has 0 spiro atoms. The highest BCUT2D eigenvalue weighted by molar-refractivity contribution is 6.08. The minimum Gasteiger partial charge on any atom is -0.398 e. The van der Waals surface area contributed by atoms with Crippen molar-refractivity contribution in [3.8, 4) is 11.1 Å². The van der Waals surface area contributed by atoms with E-state index in [0.717, 1.165) is 48.1 Å². The predicted molar refractivity (Wildman–Crippen MR) is 130 cm³/mol. The highest BCUT2D eigenvalue weighted by Gasteiger charge is 2.20. The van der Waals surface area contributed by atoms with Gasteiger partial charge in [0.15, 0.2) is 0 Å². The minimum atomic E-state index is -0.279. The Kier molecular flexibility index (Phi) is 5.66. The van der Waals surface area contributed by atoms with Gasteiger partial charge in [-0.05, 0) is 60.2 Å². The molecule has 0 bridgehead atoms. The van der Waals surface area contributed by atoms with Crippen molar-refractivity contribution < 1.29 is 9.53 Å². The molecule has 8 nitrogen and oxygen atoms in total. The van der Waals surface area contributed by atoms with Crippen LogP contribution >= 0.6 is 0 Å². The summed E-state index contributed by atoms with van der Waals surface area (Å²) in [5.74, 6) is 0.155. The number of ether oxygens (including phenoxy) is 1. The fourth-order valence-corrected chi connectivity index (χ4v) is 4.46. The molecule has 0 atom stereocenters. The summed E-state index contributed by atoms with van der Waals surface area (Å²) in [5.41, 5.74) is 11.1. The molecule has 0 unspecified atom stereocenters. The Morgan fingerprint density at radius 1 is 1.27 bits per heavy atom. The van der Waals surface area contributed by atoms with E-state index in [2.05, 4.69) is 15.4 Å². The maximum Gasteiger partial charge on any atom is 0.273 e. The fraction of sp³-hybridized carbons (Fsp3) is 0.240. The molecule has 33 heavy (non-hydrogen) atoms. The number of fused-ring (bicyclic) bond motifs is 1. The van der Waals surface area contributed by atoms with Crippen LogP contribution in [0.25, 0.3) is 22.0 Å². The van der Waals surface area contributed by atoms with E-state index in [1.807, 2.05) is 42.6 Å². The summed E-state index contributed by atoms with van der Waals surface area (Å²) in [6.07, 6.45) is 6.63. The number of carbonyl (C=O) groups is 1. The maximum absolute atomic E-state index is 13.2. The van der Waals surface area contributed by atoms with E-state index in [1.54, 1.807) is 16.9 Å². The maximum atomic E-state index is 13.2. The van der Waals surface area contributed by atoms with Crippen molar-refractivity contribution in [1.82, 2.24) is 14.8 Å². The highest BCUT2D eigenvalue weighted by atomic mass is 16.5. The molecule has 0 radical (unpaired) electrons. The largest absolute Gasteiger partial charge is 0.398 e. The van der Waals surface area contributed by atoms with Crippen LogP contribution in [0, 0.1) is 11.3 Å². The van der Waals surface area contributed by atoms with E-state index in [9.17, 15) is 4.79 Å². The molecule has 1 aliphatic heterocycles. The first kappa shape index (κ1) is 21.0. The SMILES string of the molecule is N=Cc1c(N)cc(-c2cccc3[nH]ccc23)cc1NC(=O)c1ccnn1CC1CCOCC1. The number of H-pyrrole nitrogens is 1. The summed E-state index contributed by atoms with van der Waals surface area (Å²) in [6, 6.07) is 13.4. The Hall–Kier alpha value is -3.91. The van der Waals surface area contributed by atoms with Crippen molar-refractivity contribution in [3.63, 3.8) is 0 Å². The molecule has 2 aromatic heterocycles. The lowest BCUT2D eigenvalue weighted by molar-refractivity contribution is 0.0598. The predicted octanol–water partition coefficient (Wildman–Crippen LogP) is 4.29. The van der Waals surface area contributed by atoms with Crippen molar-refractivity contribution >= 4 is 34.4 Å². The van der Waals surface area contributed by atoms with Gasteiger partial charge in [-0.15, -0.1) is 0 Å². The molecule has 0 saturated carbocycles. The summed E-state index contributed by atoms with van der Waals surface area (Å²) >= 11 is 0. The zero-order valence-corrected chi connectivity index (χ0v) is 18.2. The molecule has 2 aromatic carbocycles. The minimum absolute atomic E-state index is 0.279. The van der Waals surface area contributed by atoms with E-state index in [1.165, 1.54) is 6.21 Å². The summed E-state index contributed by atoms with van der Waals surface area (Å²) in [5, 5.41) is 16.2. The zero-order valence-electron chi connectivity index (χ0n) is 18.2. The summed E-state index contributed by atoms with van der Waals surface area (Å²) in [6.45, 7) is 2.17. The van der Waals surface area contributed by atoms with Crippen LogP contribution in [0.2, 0.25) is 0 Å². The number of carbonyl (C=O) groups excluding carboxylic acids is 1. The molecule has 5 N–H and O–H groups in total. The molecule has 4 aromatic rings. The van der Waals surface area contributed by atoms with Crippen molar-refractivity contribution in [2.24, 2.45) is 5.92 Å². The first-order valence-electron chi connectivity index (χ1n) is 11.1. The van der Waals surface area contributed by atoms with Gasteiger partial charge in [-0.2, -0.15) is 5.10 Å². The monoisotopic (exact) mass is 442 g/mol. The van der Waals surface area contributed by atoms with Crippen LogP contribution in [0.3, 0.4) is 0 Å². The van der Waals surface area contributed by atoms with Gasteiger partial charge in [0.1, 0.15) is 5.69 Å². The molecule has 1 fully saturated rings. The summed E-state index contributed by atoms with van der Waals surface area (Å²) < 4.78 is 7.19. The average Bonchev–Trinajstić information content (AvgIpc) is 3.49. The third-order valence-corrected chi connectivity index (χ3v) is 6.23. The van der Waals surface area contributed by atoms with Gasteiger partial charge in [-0.3, -0.25) is 9.48 Å². The Morgan fingerprint density at radius 2 is 2.12 bits per heavy atom. The van der Waals surface area contributed by atoms with Crippen LogP contribution in [-0.4, -0.2) is 40.1 Å². The third kappa shape index (κ3) is 4.12. The summed E-state index contributed by atoms with van der Waals surface area (Å²) in [7, 11) is 0. The highest BCUT2D eigenvalue weighted by Crippen LogP contribution is 2.34. The zero-order chi connectivity index (χ0) is 22.8. The van der Waals surface area contributed by atoms with Gasteiger partial charge in [-0.25, -0.2) is 0 Å². The van der Waals surface area contributed by atoms with Crippen LogP contribution in [0.4, 0.5) is 11.4 Å². The number of hydrogen-bond donors (Lipinski definition) is 4. The average molecular weight is 443 g/mol. The van der Waals surface area contributed by atoms with Crippen LogP contribution in [0.1, 0.15) is 28.9 Å². The molecule has 168 valence electrons. The second kappa shape index (κ2) is 8.91. The normalized spacial score (nSPS) is 14.4. The molecular formula is C25H26N6O2. The number of rotatable bonds is 6. The number of benzene rings is 2. The number of nitrogens with one attached hydrogen (secondary N) is 3. The quantitative estimate of drug-likeness (QED) is 0.263. The molecule has 1 amide bonds. The van der Waals surface area contributed by atoms with Gasteiger partial charge in [-0.1, -0.05) is 12.1 Å². The van der Waals surface area contributed by atoms with Crippen molar-refractivity contribution in [2.75, 3.05) is 24.3 Å². The van der Waals surface area contributed by atoms with E-state index < -0.39 is 0 Å². The number of nitrogen functional groups attached to an aromatic ring is 1. The number of nitrogens with zero attached hydrogens (tertiary/aromatic N) is 2. The Bertz CT molecular complexity index is 1320. The van der Waals surface area contributed by atoms with Crippen LogP contribution < -0.4 is 11.1 Å². The van der Waals surface area contributed by atoms with Crippen LogP contribution in [-0.2, 0) is 11.3 Å². The van der Waals surface area contributed by atoms with E-state index in [0.29, 0.717) is 35.1 Å². The third-order valence-electron chi connectivity index (χ3n) is 6.23. The smallest absolute Gasteiger partial charge is 0.273 e. The lowest BCUT2D eigenvalue weighted by Crippen LogP contribution is -2.25. The van der Waals surface area contributed by atoms with Crippen molar-refractivity contribution in [1.29, 1.82) is 5.41 Å². The van der Waals surface area contributed by atoms with Gasteiger partial charge < -0.3 is 26.2 Å². The second-order valence-electron chi connectivity index (χ2n) is 8.32. The van der Waals surface area contributed by atoms with Crippen LogP contribution in [0.15, 0.2) is 54.9 Å². The topological polar surface area (TPSA) is 122 Å². The molecule has 8 heteroatoms. The van der Waals surface area contributed by atoms with Gasteiger partial charge in [0.05, 0.1) is 5.69 Å². The van der Waals surface area contributed by atoms with Gasteiger partial charge in [0.25, 0.3) is 5.91 Å². The van der Waals surface area contributed by atoms with E-state index in [-0.39, 0.29) is 5.91 Å². The molecule has 5 rings (SSSR count). The van der Waals surface area contributed by atoms with Gasteiger partial charge in [0, 0.05) is 60.5 Å². The Morgan fingerprint density at radius 3 is 2.94 bits per heavy atom. The molecule has 3 heterocycles. The molecule has 0 aliphatic carbocycles. The number of anilines is 2.